The monoisotopic (exact) mass is 317 g/mol. The Morgan fingerprint density at radius 3 is 2.86 bits per heavy atom. The Balaban J connectivity index is 1.86. The Bertz CT molecular complexity index is 687. The van der Waals surface area contributed by atoms with E-state index in [1.165, 1.54) is 0 Å². The number of amides is 1. The van der Waals surface area contributed by atoms with Gasteiger partial charge in [0.2, 0.25) is 0 Å². The molecule has 0 saturated heterocycles. The molecule has 0 bridgehead atoms. The molecule has 0 unspecified atom stereocenters. The summed E-state index contributed by atoms with van der Waals surface area (Å²) in [6.07, 6.45) is 1.67. The van der Waals surface area contributed by atoms with Crippen molar-refractivity contribution in [3.05, 3.63) is 58.9 Å². The number of aromatic nitrogens is 1. The number of hydrogen-bond acceptors (Lipinski definition) is 4. The van der Waals surface area contributed by atoms with Crippen LogP contribution >= 0.6 is 11.6 Å². The summed E-state index contributed by atoms with van der Waals surface area (Å²) in [5.74, 6) is 0.241. The highest BCUT2D eigenvalue weighted by atomic mass is 35.5. The number of aryl methyl sites for hydroxylation is 1. The zero-order valence-electron chi connectivity index (χ0n) is 12.3. The fraction of sp³-hybridized carbons (Fsp3) is 0.188. The molecule has 2 rings (SSSR count). The number of carbonyl (C=O) groups is 1. The summed E-state index contributed by atoms with van der Waals surface area (Å²) in [5, 5.41) is 4.65. The van der Waals surface area contributed by atoms with Gasteiger partial charge in [-0.25, -0.2) is 5.43 Å². The van der Waals surface area contributed by atoms with Crippen LogP contribution in [0.1, 0.15) is 18.2 Å². The summed E-state index contributed by atoms with van der Waals surface area (Å²) in [6, 6.07) is 10.7. The Labute approximate surface area is 134 Å². The maximum atomic E-state index is 11.7. The predicted molar refractivity (Wildman–Crippen MR) is 86.3 cm³/mol. The van der Waals surface area contributed by atoms with E-state index in [0.29, 0.717) is 22.2 Å². The van der Waals surface area contributed by atoms with Gasteiger partial charge in [0.25, 0.3) is 5.91 Å². The lowest BCUT2D eigenvalue weighted by atomic mass is 10.2. The second-order valence-electron chi connectivity index (χ2n) is 4.65. The number of nitrogens with zero attached hydrogens (tertiary/aromatic N) is 2. The largest absolute Gasteiger partial charge is 0.484 e. The van der Waals surface area contributed by atoms with Crippen molar-refractivity contribution in [1.29, 1.82) is 0 Å². The van der Waals surface area contributed by atoms with Gasteiger partial charge in [0, 0.05) is 11.2 Å². The first kappa shape index (κ1) is 16.0. The number of nitrogens with one attached hydrogen (secondary N) is 1. The SMILES string of the molecule is C/C(=N/NC(=O)COc1ccc(Cl)c(C)c1)c1ccccn1. The van der Waals surface area contributed by atoms with Crippen LogP contribution in [0.25, 0.3) is 0 Å². The van der Waals surface area contributed by atoms with Crippen molar-refractivity contribution < 1.29 is 9.53 Å². The first-order valence-corrected chi connectivity index (χ1v) is 7.07. The fourth-order valence-electron chi connectivity index (χ4n) is 1.67. The zero-order chi connectivity index (χ0) is 15.9. The van der Waals surface area contributed by atoms with Crippen molar-refractivity contribution in [2.75, 3.05) is 6.61 Å². The Morgan fingerprint density at radius 2 is 2.18 bits per heavy atom. The summed E-state index contributed by atoms with van der Waals surface area (Å²) < 4.78 is 5.39. The van der Waals surface area contributed by atoms with Gasteiger partial charge in [0.05, 0.1) is 11.4 Å². The van der Waals surface area contributed by atoms with Gasteiger partial charge in [-0.2, -0.15) is 5.10 Å². The normalized spacial score (nSPS) is 11.1. The summed E-state index contributed by atoms with van der Waals surface area (Å²) in [5.41, 5.74) is 4.65. The van der Waals surface area contributed by atoms with Crippen LogP contribution in [0.2, 0.25) is 5.02 Å². The number of ether oxygens (including phenoxy) is 1. The van der Waals surface area contributed by atoms with E-state index in [1.54, 1.807) is 31.3 Å². The molecule has 1 amide bonds. The van der Waals surface area contributed by atoms with E-state index < -0.39 is 0 Å². The topological polar surface area (TPSA) is 63.6 Å². The molecule has 0 aliphatic rings. The second-order valence-corrected chi connectivity index (χ2v) is 5.05. The van der Waals surface area contributed by atoms with Crippen molar-refractivity contribution in [1.82, 2.24) is 10.4 Å². The van der Waals surface area contributed by atoms with E-state index in [1.807, 2.05) is 25.1 Å². The maximum absolute atomic E-state index is 11.7. The van der Waals surface area contributed by atoms with Gasteiger partial charge in [-0.05, 0) is 49.7 Å². The molecule has 0 saturated carbocycles. The maximum Gasteiger partial charge on any atom is 0.277 e. The molecular formula is C16H16ClN3O2. The molecule has 1 N–H and O–H groups in total. The summed E-state index contributed by atoms with van der Waals surface area (Å²) in [4.78, 5) is 15.9. The minimum Gasteiger partial charge on any atom is -0.484 e. The minimum atomic E-state index is -0.345. The molecule has 1 aromatic heterocycles. The fourth-order valence-corrected chi connectivity index (χ4v) is 1.79. The summed E-state index contributed by atoms with van der Waals surface area (Å²) >= 11 is 5.93. The summed E-state index contributed by atoms with van der Waals surface area (Å²) in [7, 11) is 0. The van der Waals surface area contributed by atoms with Gasteiger partial charge in [-0.15, -0.1) is 0 Å². The van der Waals surface area contributed by atoms with Crippen LogP contribution in [-0.4, -0.2) is 23.2 Å². The molecule has 0 aliphatic carbocycles. The molecule has 5 nitrogen and oxygen atoms in total. The minimum absolute atomic E-state index is 0.125. The molecule has 1 heterocycles. The van der Waals surface area contributed by atoms with E-state index in [2.05, 4.69) is 15.5 Å². The third-order valence-corrected chi connectivity index (χ3v) is 3.31. The number of rotatable bonds is 5. The number of carbonyl (C=O) groups excluding carboxylic acids is 1. The number of hydrazone groups is 1. The lowest BCUT2D eigenvalue weighted by molar-refractivity contribution is -0.123. The van der Waals surface area contributed by atoms with Crippen LogP contribution in [0.15, 0.2) is 47.7 Å². The number of hydrogen-bond donors (Lipinski definition) is 1. The van der Waals surface area contributed by atoms with Crippen molar-refractivity contribution in [2.45, 2.75) is 13.8 Å². The van der Waals surface area contributed by atoms with Crippen LogP contribution in [0.5, 0.6) is 5.75 Å². The highest BCUT2D eigenvalue weighted by Gasteiger charge is 2.04. The van der Waals surface area contributed by atoms with Crippen molar-refractivity contribution >= 4 is 23.2 Å². The molecular weight excluding hydrogens is 302 g/mol. The molecule has 0 radical (unpaired) electrons. The molecule has 0 aliphatic heterocycles. The second kappa shape index (κ2) is 7.56. The average Bonchev–Trinajstić information content (AvgIpc) is 2.54. The Hall–Kier alpha value is -2.40. The molecule has 6 heteroatoms. The van der Waals surface area contributed by atoms with Gasteiger partial charge in [0.1, 0.15) is 5.75 Å². The highest BCUT2D eigenvalue weighted by Crippen LogP contribution is 2.20. The van der Waals surface area contributed by atoms with Gasteiger partial charge in [-0.3, -0.25) is 9.78 Å². The first-order valence-electron chi connectivity index (χ1n) is 6.70. The molecule has 0 fully saturated rings. The van der Waals surface area contributed by atoms with Gasteiger partial charge in [0.15, 0.2) is 6.61 Å². The van der Waals surface area contributed by atoms with E-state index in [0.717, 1.165) is 5.56 Å². The van der Waals surface area contributed by atoms with E-state index in [4.69, 9.17) is 16.3 Å². The van der Waals surface area contributed by atoms with Crippen LogP contribution in [0, 0.1) is 6.92 Å². The molecule has 0 spiro atoms. The number of halogens is 1. The average molecular weight is 318 g/mol. The quantitative estimate of drug-likeness (QED) is 0.681. The third-order valence-electron chi connectivity index (χ3n) is 2.88. The van der Waals surface area contributed by atoms with Gasteiger partial charge >= 0.3 is 0 Å². The molecule has 22 heavy (non-hydrogen) atoms. The third kappa shape index (κ3) is 4.56. The van der Waals surface area contributed by atoms with E-state index >= 15 is 0 Å². The smallest absolute Gasteiger partial charge is 0.277 e. The van der Waals surface area contributed by atoms with Crippen LogP contribution < -0.4 is 10.2 Å². The molecule has 0 atom stereocenters. The van der Waals surface area contributed by atoms with Crippen LogP contribution in [0.4, 0.5) is 0 Å². The predicted octanol–water partition coefficient (Wildman–Crippen LogP) is 2.96. The number of pyridine rings is 1. The lowest BCUT2D eigenvalue weighted by Crippen LogP contribution is -2.25. The van der Waals surface area contributed by atoms with Crippen LogP contribution in [-0.2, 0) is 4.79 Å². The first-order chi connectivity index (χ1) is 10.6. The molecule has 1 aromatic carbocycles. The Morgan fingerprint density at radius 1 is 1.36 bits per heavy atom. The van der Waals surface area contributed by atoms with E-state index in [-0.39, 0.29) is 12.5 Å². The lowest BCUT2D eigenvalue weighted by Gasteiger charge is -2.07. The van der Waals surface area contributed by atoms with Crippen LogP contribution in [0.3, 0.4) is 0 Å². The van der Waals surface area contributed by atoms with Gasteiger partial charge in [-0.1, -0.05) is 17.7 Å². The van der Waals surface area contributed by atoms with Crippen molar-refractivity contribution in [3.8, 4) is 5.75 Å². The van der Waals surface area contributed by atoms with Gasteiger partial charge < -0.3 is 4.74 Å². The van der Waals surface area contributed by atoms with E-state index in [9.17, 15) is 4.79 Å². The van der Waals surface area contributed by atoms with Crippen molar-refractivity contribution in [2.24, 2.45) is 5.10 Å². The molecule has 114 valence electrons. The summed E-state index contributed by atoms with van der Waals surface area (Å²) in [6.45, 7) is 3.52. The van der Waals surface area contributed by atoms with Crippen molar-refractivity contribution in [3.63, 3.8) is 0 Å². The standard InChI is InChI=1S/C16H16ClN3O2/c1-11-9-13(6-7-14(11)17)22-10-16(21)20-19-12(2)15-5-3-4-8-18-15/h3-9H,10H2,1-2H3,(H,20,21)/b19-12-. The number of benzene rings is 1. The highest BCUT2D eigenvalue weighted by molar-refractivity contribution is 6.31. The Kier molecular flexibility index (Phi) is 5.49. The molecule has 2 aromatic rings. The zero-order valence-corrected chi connectivity index (χ0v) is 13.1.